The molecule has 1 saturated carbocycles. The first-order chi connectivity index (χ1) is 12.0. The Balaban J connectivity index is 1.65. The molecule has 0 spiro atoms. The van der Waals surface area contributed by atoms with E-state index in [4.69, 9.17) is 0 Å². The summed E-state index contributed by atoms with van der Waals surface area (Å²) in [5.74, 6) is 0.266. The third-order valence-electron chi connectivity index (χ3n) is 5.38. The number of sulfonamides is 1. The molecule has 25 heavy (non-hydrogen) atoms. The molecule has 1 aromatic rings. The van der Waals surface area contributed by atoms with E-state index >= 15 is 0 Å². The topological polar surface area (TPSA) is 70.6 Å². The van der Waals surface area contributed by atoms with Crippen LogP contribution in [0.4, 0.5) is 0 Å². The monoisotopic (exact) mass is 365 g/mol. The average Bonchev–Trinajstić information content (AvgIpc) is 3.16. The molecular formula is C18H27N3O3S. The van der Waals surface area contributed by atoms with Gasteiger partial charge in [0.05, 0.1) is 5.25 Å². The molecule has 1 amide bonds. The maximum Gasteiger partial charge on any atom is 0.225 e. The molecule has 1 atom stereocenters. The number of nitrogens with zero attached hydrogens (tertiary/aromatic N) is 3. The minimum Gasteiger partial charge on any atom is -0.341 e. The predicted molar refractivity (Wildman–Crippen MR) is 96.2 cm³/mol. The van der Waals surface area contributed by atoms with Crippen molar-refractivity contribution in [2.24, 2.45) is 5.92 Å². The first-order valence-corrected chi connectivity index (χ1v) is 10.6. The standard InChI is InChI=1S/C18H27N3O3S/c1-20(13-15-6-4-10-19-12-15)25(23,24)17-9-5-11-21(14-17)18(22)16-7-2-3-8-16/h4,6,10,12,16-17H,2-3,5,7-9,11,13-14H2,1H3. The van der Waals surface area contributed by atoms with Crippen LogP contribution in [0.2, 0.25) is 0 Å². The van der Waals surface area contributed by atoms with Crippen LogP contribution < -0.4 is 0 Å². The zero-order valence-corrected chi connectivity index (χ0v) is 15.6. The van der Waals surface area contributed by atoms with Crippen molar-refractivity contribution in [3.05, 3.63) is 30.1 Å². The molecule has 0 radical (unpaired) electrons. The average molecular weight is 365 g/mol. The van der Waals surface area contributed by atoms with E-state index in [0.29, 0.717) is 26.1 Å². The van der Waals surface area contributed by atoms with Crippen LogP contribution in [0.3, 0.4) is 0 Å². The Morgan fingerprint density at radius 1 is 1.28 bits per heavy atom. The summed E-state index contributed by atoms with van der Waals surface area (Å²) in [6.07, 6.45) is 8.85. The second kappa shape index (κ2) is 7.83. The van der Waals surface area contributed by atoms with Gasteiger partial charge >= 0.3 is 0 Å². The quantitative estimate of drug-likeness (QED) is 0.800. The van der Waals surface area contributed by atoms with Crippen molar-refractivity contribution < 1.29 is 13.2 Å². The summed E-state index contributed by atoms with van der Waals surface area (Å²) in [5, 5.41) is -0.506. The van der Waals surface area contributed by atoms with E-state index < -0.39 is 15.3 Å². The number of hydrogen-bond acceptors (Lipinski definition) is 4. The van der Waals surface area contributed by atoms with Crippen LogP contribution in [0, 0.1) is 5.92 Å². The largest absolute Gasteiger partial charge is 0.341 e. The third kappa shape index (κ3) is 4.20. The van der Waals surface area contributed by atoms with Crippen LogP contribution >= 0.6 is 0 Å². The first-order valence-electron chi connectivity index (χ1n) is 9.11. The molecule has 1 aliphatic heterocycles. The number of hydrogen-bond donors (Lipinski definition) is 0. The number of likely N-dealkylation sites (tertiary alicyclic amines) is 1. The Hall–Kier alpha value is -1.47. The summed E-state index contributed by atoms with van der Waals surface area (Å²) in [6, 6.07) is 3.67. The first kappa shape index (κ1) is 18.3. The molecule has 138 valence electrons. The smallest absolute Gasteiger partial charge is 0.225 e. The van der Waals surface area contributed by atoms with Gasteiger partial charge in [0, 0.05) is 45.0 Å². The molecule has 2 aliphatic rings. The molecule has 2 heterocycles. The van der Waals surface area contributed by atoms with Crippen LogP contribution in [-0.4, -0.2) is 53.9 Å². The molecule has 0 bridgehead atoms. The van der Waals surface area contributed by atoms with Gasteiger partial charge in [0.2, 0.25) is 15.9 Å². The van der Waals surface area contributed by atoms with Crippen molar-refractivity contribution in [2.75, 3.05) is 20.1 Å². The summed E-state index contributed by atoms with van der Waals surface area (Å²) in [4.78, 5) is 18.5. The fourth-order valence-electron chi connectivity index (χ4n) is 3.91. The summed E-state index contributed by atoms with van der Waals surface area (Å²) in [5.41, 5.74) is 0.864. The van der Waals surface area contributed by atoms with Crippen LogP contribution in [0.25, 0.3) is 0 Å². The molecule has 6 nitrogen and oxygen atoms in total. The van der Waals surface area contributed by atoms with E-state index in [1.807, 2.05) is 6.07 Å². The van der Waals surface area contributed by atoms with E-state index in [2.05, 4.69) is 4.98 Å². The van der Waals surface area contributed by atoms with Gasteiger partial charge in [0.1, 0.15) is 0 Å². The van der Waals surface area contributed by atoms with E-state index in [1.54, 1.807) is 30.4 Å². The maximum atomic E-state index is 12.9. The second-order valence-corrected chi connectivity index (χ2v) is 9.51. The Labute approximate surface area is 150 Å². The van der Waals surface area contributed by atoms with Crippen molar-refractivity contribution in [3.8, 4) is 0 Å². The molecule has 0 N–H and O–H groups in total. The van der Waals surface area contributed by atoms with Crippen molar-refractivity contribution in [2.45, 2.75) is 50.3 Å². The van der Waals surface area contributed by atoms with E-state index in [0.717, 1.165) is 37.7 Å². The zero-order chi connectivity index (χ0) is 17.9. The molecule has 1 aromatic heterocycles. The van der Waals surface area contributed by atoms with Crippen molar-refractivity contribution in [3.63, 3.8) is 0 Å². The van der Waals surface area contributed by atoms with E-state index in [-0.39, 0.29) is 11.8 Å². The molecule has 0 aromatic carbocycles. The molecule has 1 saturated heterocycles. The highest BCUT2D eigenvalue weighted by Crippen LogP contribution is 2.29. The molecule has 1 unspecified atom stereocenters. The van der Waals surface area contributed by atoms with Crippen LogP contribution in [0.1, 0.15) is 44.1 Å². The number of amides is 1. The minimum absolute atomic E-state index is 0.106. The highest BCUT2D eigenvalue weighted by Gasteiger charge is 2.37. The van der Waals surface area contributed by atoms with Crippen molar-refractivity contribution in [1.29, 1.82) is 0 Å². The Morgan fingerprint density at radius 3 is 2.72 bits per heavy atom. The maximum absolute atomic E-state index is 12.9. The van der Waals surface area contributed by atoms with Gasteiger partial charge in [-0.15, -0.1) is 0 Å². The number of pyridine rings is 1. The van der Waals surface area contributed by atoms with Crippen LogP contribution in [-0.2, 0) is 21.4 Å². The van der Waals surface area contributed by atoms with Crippen LogP contribution in [0.5, 0.6) is 0 Å². The van der Waals surface area contributed by atoms with Gasteiger partial charge < -0.3 is 4.90 Å². The van der Waals surface area contributed by atoms with Gasteiger partial charge in [-0.05, 0) is 37.3 Å². The normalized spacial score (nSPS) is 22.5. The number of carbonyl (C=O) groups excluding carboxylic acids is 1. The van der Waals surface area contributed by atoms with Gasteiger partial charge in [-0.25, -0.2) is 12.7 Å². The lowest BCUT2D eigenvalue weighted by Crippen LogP contribution is -2.49. The number of piperidine rings is 1. The van der Waals surface area contributed by atoms with E-state index in [9.17, 15) is 13.2 Å². The third-order valence-corrected chi connectivity index (χ3v) is 7.60. The van der Waals surface area contributed by atoms with Crippen molar-refractivity contribution >= 4 is 15.9 Å². The highest BCUT2D eigenvalue weighted by atomic mass is 32.2. The number of aromatic nitrogens is 1. The lowest BCUT2D eigenvalue weighted by atomic mass is 10.0. The van der Waals surface area contributed by atoms with Crippen molar-refractivity contribution in [1.82, 2.24) is 14.2 Å². The fourth-order valence-corrected chi connectivity index (χ4v) is 5.58. The second-order valence-electron chi connectivity index (χ2n) is 7.19. The molecule has 1 aliphatic carbocycles. The van der Waals surface area contributed by atoms with Crippen LogP contribution in [0.15, 0.2) is 24.5 Å². The van der Waals surface area contributed by atoms with Gasteiger partial charge in [-0.1, -0.05) is 18.9 Å². The van der Waals surface area contributed by atoms with Gasteiger partial charge in [0.25, 0.3) is 0 Å². The van der Waals surface area contributed by atoms with Gasteiger partial charge in [-0.3, -0.25) is 9.78 Å². The van der Waals surface area contributed by atoms with E-state index in [1.165, 1.54) is 4.31 Å². The highest BCUT2D eigenvalue weighted by molar-refractivity contribution is 7.89. The molecule has 2 fully saturated rings. The lowest BCUT2D eigenvalue weighted by molar-refractivity contribution is -0.136. The zero-order valence-electron chi connectivity index (χ0n) is 14.8. The van der Waals surface area contributed by atoms with Gasteiger partial charge in [0.15, 0.2) is 0 Å². The predicted octanol–water partition coefficient (Wildman–Crippen LogP) is 2.02. The SMILES string of the molecule is CN(Cc1cccnc1)S(=O)(=O)C1CCCN(C(=O)C2CCCC2)C1. The molecule has 3 rings (SSSR count). The summed E-state index contributed by atoms with van der Waals surface area (Å²) in [6.45, 7) is 1.33. The summed E-state index contributed by atoms with van der Waals surface area (Å²) in [7, 11) is -1.83. The lowest BCUT2D eigenvalue weighted by Gasteiger charge is -2.35. The Kier molecular flexibility index (Phi) is 5.74. The fraction of sp³-hybridized carbons (Fsp3) is 0.667. The number of rotatable bonds is 5. The van der Waals surface area contributed by atoms with Gasteiger partial charge in [-0.2, -0.15) is 0 Å². The summed E-state index contributed by atoms with van der Waals surface area (Å²) < 4.78 is 27.3. The summed E-state index contributed by atoms with van der Waals surface area (Å²) >= 11 is 0. The number of carbonyl (C=O) groups is 1. The molecule has 7 heteroatoms. The minimum atomic E-state index is -3.44. The Bertz CT molecular complexity index is 687. The Morgan fingerprint density at radius 2 is 2.04 bits per heavy atom. The molecular weight excluding hydrogens is 338 g/mol.